The minimum Gasteiger partial charge on any atom is -0.309 e. The maximum absolute atomic E-state index is 5.27. The van der Waals surface area contributed by atoms with Crippen molar-refractivity contribution < 1.29 is 0 Å². The van der Waals surface area contributed by atoms with Crippen molar-refractivity contribution in [3.05, 3.63) is 194 Å². The molecule has 11 aromatic rings. The van der Waals surface area contributed by atoms with Gasteiger partial charge in [0.1, 0.15) is 0 Å². The first-order chi connectivity index (χ1) is 26.8. The minimum atomic E-state index is 0.865. The number of benzene rings is 8. The van der Waals surface area contributed by atoms with Crippen molar-refractivity contribution in [1.29, 1.82) is 0 Å². The molecule has 8 aromatic carbocycles. The van der Waals surface area contributed by atoms with Crippen LogP contribution in [0.25, 0.3) is 99.7 Å². The van der Waals surface area contributed by atoms with Gasteiger partial charge in [0.15, 0.2) is 0 Å². The predicted octanol–water partition coefficient (Wildman–Crippen LogP) is 12.8. The third-order valence-electron chi connectivity index (χ3n) is 10.7. The second kappa shape index (κ2) is 12.1. The zero-order valence-corrected chi connectivity index (χ0v) is 29.3. The van der Waals surface area contributed by atoms with Crippen LogP contribution in [0.3, 0.4) is 0 Å². The van der Waals surface area contributed by atoms with Crippen molar-refractivity contribution in [3.8, 4) is 45.0 Å². The second-order valence-electron chi connectivity index (χ2n) is 13.8. The van der Waals surface area contributed by atoms with Crippen LogP contribution in [-0.4, -0.2) is 19.1 Å². The van der Waals surface area contributed by atoms with Crippen LogP contribution < -0.4 is 0 Å². The summed E-state index contributed by atoms with van der Waals surface area (Å²) >= 11 is 0. The second-order valence-corrected chi connectivity index (χ2v) is 13.8. The highest BCUT2D eigenvalue weighted by atomic mass is 15.0. The summed E-state index contributed by atoms with van der Waals surface area (Å²) in [6.07, 6.45) is 0. The van der Waals surface area contributed by atoms with Crippen molar-refractivity contribution in [2.75, 3.05) is 0 Å². The van der Waals surface area contributed by atoms with Crippen LogP contribution in [0.2, 0.25) is 0 Å². The number of aromatic nitrogens is 4. The van der Waals surface area contributed by atoms with Gasteiger partial charge >= 0.3 is 0 Å². The first kappa shape index (κ1) is 30.3. The van der Waals surface area contributed by atoms with Gasteiger partial charge in [-0.15, -0.1) is 0 Å². The summed E-state index contributed by atoms with van der Waals surface area (Å²) in [6, 6.07) is 68.9. The maximum atomic E-state index is 5.27. The Balaban J connectivity index is 1.10. The van der Waals surface area contributed by atoms with Crippen LogP contribution in [0.4, 0.5) is 0 Å². The van der Waals surface area contributed by atoms with Crippen LogP contribution in [0.5, 0.6) is 0 Å². The SMILES string of the molecule is c1ccc(-c2nc3ccc(-c4cccc(-n5c6ccccc6c6cc7c8ccccc8n(-c8ccccc8)c7cc65)c4)cc3nc2-c2ccccc2)cc1. The Labute approximate surface area is 311 Å². The van der Waals surface area contributed by atoms with Gasteiger partial charge in [0.2, 0.25) is 0 Å². The zero-order valence-electron chi connectivity index (χ0n) is 29.3. The molecule has 252 valence electrons. The Bertz CT molecular complexity index is 3200. The van der Waals surface area contributed by atoms with E-state index >= 15 is 0 Å². The molecular weight excluding hydrogens is 657 g/mol. The van der Waals surface area contributed by atoms with Gasteiger partial charge in [-0.3, -0.25) is 0 Å². The predicted molar refractivity (Wildman–Crippen MR) is 225 cm³/mol. The van der Waals surface area contributed by atoms with Gasteiger partial charge in [0.25, 0.3) is 0 Å². The fraction of sp³-hybridized carbons (Fsp3) is 0. The van der Waals surface area contributed by atoms with E-state index < -0.39 is 0 Å². The average molecular weight is 689 g/mol. The number of hydrogen-bond donors (Lipinski definition) is 0. The van der Waals surface area contributed by atoms with E-state index in [1.54, 1.807) is 0 Å². The highest BCUT2D eigenvalue weighted by Crippen LogP contribution is 2.40. The lowest BCUT2D eigenvalue weighted by atomic mass is 10.0. The number of nitrogens with zero attached hydrogens (tertiary/aromatic N) is 4. The van der Waals surface area contributed by atoms with Crippen LogP contribution in [0, 0.1) is 0 Å². The standard InChI is InChI=1S/C50H32N4/c1-4-15-33(16-5-1)49-50(34-17-6-2-7-18-34)52-44-30-36(27-28-43(44)51-49)35-19-14-22-38(29-35)54-46-26-13-11-24-40(46)42-31-41-39-23-10-12-25-45(39)53(47(41)32-48(42)54)37-20-8-3-9-21-37/h1-32H. The van der Waals surface area contributed by atoms with Gasteiger partial charge in [-0.2, -0.15) is 0 Å². The summed E-state index contributed by atoms with van der Waals surface area (Å²) in [4.78, 5) is 10.5. The third kappa shape index (κ3) is 4.78. The molecule has 0 unspecified atom stereocenters. The first-order valence-corrected chi connectivity index (χ1v) is 18.3. The lowest BCUT2D eigenvalue weighted by Gasteiger charge is -2.13. The Morgan fingerprint density at radius 1 is 0.278 bits per heavy atom. The number of fused-ring (bicyclic) bond motifs is 7. The number of rotatable bonds is 5. The van der Waals surface area contributed by atoms with Gasteiger partial charge in [0, 0.05) is 44.0 Å². The summed E-state index contributed by atoms with van der Waals surface area (Å²) in [5, 5.41) is 4.98. The lowest BCUT2D eigenvalue weighted by molar-refractivity contribution is 1.16. The Kier molecular flexibility index (Phi) is 6.82. The fourth-order valence-electron chi connectivity index (χ4n) is 8.22. The van der Waals surface area contributed by atoms with Crippen molar-refractivity contribution in [2.45, 2.75) is 0 Å². The highest BCUT2D eigenvalue weighted by Gasteiger charge is 2.19. The molecule has 3 heterocycles. The molecule has 0 bridgehead atoms. The molecule has 54 heavy (non-hydrogen) atoms. The van der Waals surface area contributed by atoms with E-state index in [1.165, 1.54) is 43.6 Å². The Morgan fingerprint density at radius 3 is 1.39 bits per heavy atom. The molecule has 4 heteroatoms. The van der Waals surface area contributed by atoms with Crippen LogP contribution in [-0.2, 0) is 0 Å². The van der Waals surface area contributed by atoms with Gasteiger partial charge in [0.05, 0.1) is 44.5 Å². The molecule has 0 aliphatic rings. The molecule has 4 nitrogen and oxygen atoms in total. The summed E-state index contributed by atoms with van der Waals surface area (Å²) in [6.45, 7) is 0. The van der Waals surface area contributed by atoms with E-state index in [0.29, 0.717) is 0 Å². The van der Waals surface area contributed by atoms with Gasteiger partial charge < -0.3 is 9.13 Å². The molecular formula is C50H32N4. The number of hydrogen-bond acceptors (Lipinski definition) is 2. The largest absolute Gasteiger partial charge is 0.309 e. The maximum Gasteiger partial charge on any atom is 0.0973 e. The molecule has 0 aliphatic carbocycles. The number of para-hydroxylation sites is 3. The molecule has 0 aliphatic heterocycles. The summed E-state index contributed by atoms with van der Waals surface area (Å²) in [5.74, 6) is 0. The summed E-state index contributed by atoms with van der Waals surface area (Å²) < 4.78 is 4.81. The molecule has 0 N–H and O–H groups in total. The summed E-state index contributed by atoms with van der Waals surface area (Å²) in [7, 11) is 0. The molecule has 11 rings (SSSR count). The van der Waals surface area contributed by atoms with Crippen LogP contribution >= 0.6 is 0 Å². The van der Waals surface area contributed by atoms with Crippen molar-refractivity contribution in [3.63, 3.8) is 0 Å². The molecule has 0 amide bonds. The highest BCUT2D eigenvalue weighted by molar-refractivity contribution is 6.19. The van der Waals surface area contributed by atoms with Crippen LogP contribution in [0.1, 0.15) is 0 Å². The van der Waals surface area contributed by atoms with Crippen molar-refractivity contribution in [2.24, 2.45) is 0 Å². The molecule has 0 fully saturated rings. The molecule has 0 radical (unpaired) electrons. The lowest BCUT2D eigenvalue weighted by Crippen LogP contribution is -1.97. The van der Waals surface area contributed by atoms with E-state index in [4.69, 9.17) is 9.97 Å². The van der Waals surface area contributed by atoms with Gasteiger partial charge in [-0.1, -0.05) is 133 Å². The van der Waals surface area contributed by atoms with Gasteiger partial charge in [-0.25, -0.2) is 9.97 Å². The molecule has 0 atom stereocenters. The molecule has 3 aromatic heterocycles. The fourth-order valence-corrected chi connectivity index (χ4v) is 8.22. The smallest absolute Gasteiger partial charge is 0.0973 e. The topological polar surface area (TPSA) is 35.6 Å². The monoisotopic (exact) mass is 688 g/mol. The van der Waals surface area contributed by atoms with Crippen molar-refractivity contribution in [1.82, 2.24) is 19.1 Å². The third-order valence-corrected chi connectivity index (χ3v) is 10.7. The first-order valence-electron chi connectivity index (χ1n) is 18.3. The average Bonchev–Trinajstić information content (AvgIpc) is 3.75. The molecule has 0 spiro atoms. The van der Waals surface area contributed by atoms with E-state index in [0.717, 1.165) is 56.0 Å². The summed E-state index contributed by atoms with van der Waals surface area (Å²) in [5.41, 5.74) is 14.8. The van der Waals surface area contributed by atoms with Crippen molar-refractivity contribution >= 4 is 54.6 Å². The minimum absolute atomic E-state index is 0.865. The van der Waals surface area contributed by atoms with Gasteiger partial charge in [-0.05, 0) is 71.8 Å². The molecule has 0 saturated carbocycles. The zero-order chi connectivity index (χ0) is 35.6. The quantitative estimate of drug-likeness (QED) is 0.180. The van der Waals surface area contributed by atoms with E-state index in [2.05, 4.69) is 191 Å². The van der Waals surface area contributed by atoms with E-state index in [-0.39, 0.29) is 0 Å². The van der Waals surface area contributed by atoms with Crippen LogP contribution in [0.15, 0.2) is 194 Å². The van der Waals surface area contributed by atoms with E-state index in [9.17, 15) is 0 Å². The Morgan fingerprint density at radius 2 is 0.759 bits per heavy atom. The Hall–Kier alpha value is -7.30. The molecule has 0 saturated heterocycles. The normalized spacial score (nSPS) is 11.7. The van der Waals surface area contributed by atoms with E-state index in [1.807, 2.05) is 12.1 Å².